The van der Waals surface area contributed by atoms with Crippen LogP contribution in [0, 0.1) is 6.92 Å². The van der Waals surface area contributed by atoms with E-state index in [4.69, 9.17) is 23.4 Å². The summed E-state index contributed by atoms with van der Waals surface area (Å²) in [4.78, 5) is 24.4. The Labute approximate surface area is 143 Å². The van der Waals surface area contributed by atoms with Crippen LogP contribution in [0.5, 0.6) is 23.0 Å². The third kappa shape index (κ3) is 2.61. The van der Waals surface area contributed by atoms with Gasteiger partial charge in [-0.05, 0) is 24.6 Å². The number of carbonyl (C=O) groups is 1. The molecule has 0 spiro atoms. The Morgan fingerprint density at radius 1 is 1.08 bits per heavy atom. The molecule has 0 fully saturated rings. The SMILES string of the molecule is COc1cc(C2CC(=O)Oc3cc(C)oc(=O)c32)cc2c1OCCO2. The molecule has 130 valence electrons. The van der Waals surface area contributed by atoms with Crippen LogP contribution in [0.15, 0.2) is 27.4 Å². The molecule has 1 unspecified atom stereocenters. The van der Waals surface area contributed by atoms with Gasteiger partial charge in [0.15, 0.2) is 11.5 Å². The van der Waals surface area contributed by atoms with Gasteiger partial charge in [0.2, 0.25) is 5.75 Å². The maximum atomic E-state index is 12.4. The van der Waals surface area contributed by atoms with Crippen molar-refractivity contribution in [2.24, 2.45) is 0 Å². The summed E-state index contributed by atoms with van der Waals surface area (Å²) in [6, 6.07) is 5.07. The van der Waals surface area contributed by atoms with Crippen molar-refractivity contribution in [2.45, 2.75) is 19.3 Å². The van der Waals surface area contributed by atoms with E-state index in [2.05, 4.69) is 0 Å². The van der Waals surface area contributed by atoms with Gasteiger partial charge >= 0.3 is 11.6 Å². The number of methoxy groups -OCH3 is 1. The third-order valence-corrected chi connectivity index (χ3v) is 4.27. The monoisotopic (exact) mass is 344 g/mol. The number of rotatable bonds is 2. The normalized spacial score (nSPS) is 18.3. The van der Waals surface area contributed by atoms with Crippen molar-refractivity contribution >= 4 is 5.97 Å². The molecule has 2 aliphatic rings. The second-order valence-corrected chi connectivity index (χ2v) is 5.90. The number of ether oxygens (including phenoxy) is 4. The van der Waals surface area contributed by atoms with Gasteiger partial charge in [-0.15, -0.1) is 0 Å². The molecule has 25 heavy (non-hydrogen) atoms. The van der Waals surface area contributed by atoms with Crippen LogP contribution >= 0.6 is 0 Å². The van der Waals surface area contributed by atoms with Gasteiger partial charge in [0, 0.05) is 12.0 Å². The highest BCUT2D eigenvalue weighted by Gasteiger charge is 2.34. The third-order valence-electron chi connectivity index (χ3n) is 4.27. The van der Waals surface area contributed by atoms with E-state index in [0.29, 0.717) is 47.3 Å². The van der Waals surface area contributed by atoms with Crippen molar-refractivity contribution in [3.05, 3.63) is 45.5 Å². The lowest BCUT2D eigenvalue weighted by atomic mass is 9.87. The fourth-order valence-corrected chi connectivity index (χ4v) is 3.20. The molecule has 1 aromatic heterocycles. The summed E-state index contributed by atoms with van der Waals surface area (Å²) in [5.74, 6) is 1.25. The number of benzene rings is 1. The van der Waals surface area contributed by atoms with Crippen LogP contribution in [-0.4, -0.2) is 26.3 Å². The van der Waals surface area contributed by atoms with E-state index in [1.165, 1.54) is 7.11 Å². The number of aryl methyl sites for hydroxylation is 1. The number of carbonyl (C=O) groups excluding carboxylic acids is 1. The molecule has 1 atom stereocenters. The Hall–Kier alpha value is -2.96. The van der Waals surface area contributed by atoms with E-state index in [0.717, 1.165) is 0 Å². The van der Waals surface area contributed by atoms with Crippen LogP contribution in [-0.2, 0) is 4.79 Å². The first-order valence-electron chi connectivity index (χ1n) is 7.89. The molecule has 2 aliphatic heterocycles. The lowest BCUT2D eigenvalue weighted by Gasteiger charge is -2.26. The molecular weight excluding hydrogens is 328 g/mol. The molecule has 7 nitrogen and oxygen atoms in total. The molecule has 3 heterocycles. The minimum absolute atomic E-state index is 0.0314. The molecule has 2 aromatic rings. The molecule has 0 saturated carbocycles. The second kappa shape index (κ2) is 5.84. The van der Waals surface area contributed by atoms with Gasteiger partial charge < -0.3 is 23.4 Å². The molecule has 0 amide bonds. The first-order valence-corrected chi connectivity index (χ1v) is 7.89. The standard InChI is InChI=1S/C18H16O7/c1-9-5-12-16(18(20)24-9)11(8-15(19)25-12)10-6-13(21-2)17-14(7-10)22-3-4-23-17/h5-7,11H,3-4,8H2,1-2H3. The van der Waals surface area contributed by atoms with Crippen molar-refractivity contribution in [3.63, 3.8) is 0 Å². The van der Waals surface area contributed by atoms with Gasteiger partial charge in [-0.1, -0.05) is 0 Å². The van der Waals surface area contributed by atoms with Crippen molar-refractivity contribution in [3.8, 4) is 23.0 Å². The van der Waals surface area contributed by atoms with Gasteiger partial charge in [-0.25, -0.2) is 4.79 Å². The predicted molar refractivity (Wildman–Crippen MR) is 85.8 cm³/mol. The molecule has 0 aliphatic carbocycles. The summed E-state index contributed by atoms with van der Waals surface area (Å²) < 4.78 is 27.0. The molecule has 0 N–H and O–H groups in total. The van der Waals surface area contributed by atoms with E-state index >= 15 is 0 Å². The predicted octanol–water partition coefficient (Wildman–Crippen LogP) is 2.17. The van der Waals surface area contributed by atoms with Crippen molar-refractivity contribution in [1.29, 1.82) is 0 Å². The number of hydrogen-bond acceptors (Lipinski definition) is 7. The van der Waals surface area contributed by atoms with Gasteiger partial charge in [0.05, 0.1) is 19.1 Å². The molecular formula is C18H16O7. The average Bonchev–Trinajstić information content (AvgIpc) is 2.59. The Morgan fingerprint density at radius 3 is 2.68 bits per heavy atom. The summed E-state index contributed by atoms with van der Waals surface area (Å²) in [5.41, 5.74) is 0.514. The number of fused-ring (bicyclic) bond motifs is 2. The van der Waals surface area contributed by atoms with Crippen LogP contribution in [0.1, 0.15) is 29.2 Å². The number of hydrogen-bond donors (Lipinski definition) is 0. The average molecular weight is 344 g/mol. The van der Waals surface area contributed by atoms with Gasteiger partial charge in [-0.2, -0.15) is 0 Å². The van der Waals surface area contributed by atoms with Crippen LogP contribution in [0.4, 0.5) is 0 Å². The summed E-state index contributed by atoms with van der Waals surface area (Å²) in [6.07, 6.45) is 0.0314. The smallest absolute Gasteiger partial charge is 0.343 e. The zero-order valence-electron chi connectivity index (χ0n) is 13.8. The number of esters is 1. The molecule has 7 heteroatoms. The van der Waals surface area contributed by atoms with E-state index in [1.807, 2.05) is 0 Å². The van der Waals surface area contributed by atoms with Crippen LogP contribution in [0.25, 0.3) is 0 Å². The van der Waals surface area contributed by atoms with Crippen LogP contribution in [0.3, 0.4) is 0 Å². The Balaban J connectivity index is 1.89. The Bertz CT molecular complexity index is 895. The van der Waals surface area contributed by atoms with Crippen LogP contribution in [0.2, 0.25) is 0 Å². The molecule has 4 rings (SSSR count). The minimum Gasteiger partial charge on any atom is -0.493 e. The largest absolute Gasteiger partial charge is 0.493 e. The van der Waals surface area contributed by atoms with Gasteiger partial charge in [-0.3, -0.25) is 4.79 Å². The first-order chi connectivity index (χ1) is 12.1. The van der Waals surface area contributed by atoms with Gasteiger partial charge in [0.25, 0.3) is 0 Å². The Kier molecular flexibility index (Phi) is 3.63. The van der Waals surface area contributed by atoms with E-state index < -0.39 is 17.5 Å². The summed E-state index contributed by atoms with van der Waals surface area (Å²) in [6.45, 7) is 2.49. The molecule has 0 radical (unpaired) electrons. The maximum Gasteiger partial charge on any atom is 0.343 e. The zero-order chi connectivity index (χ0) is 17.6. The highest BCUT2D eigenvalue weighted by atomic mass is 16.6. The van der Waals surface area contributed by atoms with Crippen LogP contribution < -0.4 is 24.6 Å². The van der Waals surface area contributed by atoms with Crippen molar-refractivity contribution in [2.75, 3.05) is 20.3 Å². The quantitative estimate of drug-likeness (QED) is 0.772. The van der Waals surface area contributed by atoms with Crippen molar-refractivity contribution in [1.82, 2.24) is 0 Å². The first kappa shape index (κ1) is 15.6. The zero-order valence-corrected chi connectivity index (χ0v) is 13.8. The van der Waals surface area contributed by atoms with Crippen molar-refractivity contribution < 1.29 is 28.2 Å². The van der Waals surface area contributed by atoms with E-state index in [1.54, 1.807) is 25.1 Å². The molecule has 0 bridgehead atoms. The lowest BCUT2D eigenvalue weighted by Crippen LogP contribution is -2.27. The van der Waals surface area contributed by atoms with E-state index in [-0.39, 0.29) is 12.2 Å². The highest BCUT2D eigenvalue weighted by Crippen LogP contribution is 2.45. The maximum absolute atomic E-state index is 12.4. The summed E-state index contributed by atoms with van der Waals surface area (Å²) in [7, 11) is 1.53. The summed E-state index contributed by atoms with van der Waals surface area (Å²) >= 11 is 0. The molecule has 1 aromatic carbocycles. The minimum atomic E-state index is -0.513. The fraction of sp³-hybridized carbons (Fsp3) is 0.333. The van der Waals surface area contributed by atoms with Gasteiger partial charge in [0.1, 0.15) is 24.7 Å². The lowest BCUT2D eigenvalue weighted by molar-refractivity contribution is -0.135. The summed E-state index contributed by atoms with van der Waals surface area (Å²) in [5, 5.41) is 0. The Morgan fingerprint density at radius 2 is 1.88 bits per heavy atom. The highest BCUT2D eigenvalue weighted by molar-refractivity contribution is 5.77. The topological polar surface area (TPSA) is 84.2 Å². The fourth-order valence-electron chi connectivity index (χ4n) is 3.20. The molecule has 0 saturated heterocycles. The van der Waals surface area contributed by atoms with E-state index in [9.17, 15) is 9.59 Å². The second-order valence-electron chi connectivity index (χ2n) is 5.90.